The molecule has 0 spiro atoms. The Morgan fingerprint density at radius 3 is 2.43 bits per heavy atom. The summed E-state index contributed by atoms with van der Waals surface area (Å²) in [6.07, 6.45) is 1.11. The summed E-state index contributed by atoms with van der Waals surface area (Å²) < 4.78 is 5.30. The van der Waals surface area contributed by atoms with E-state index < -0.39 is 0 Å². The third-order valence-corrected chi connectivity index (χ3v) is 3.54. The SMILES string of the molecule is CCCN(Cc1cccc(OC)c1)c1ccc(CN)cc1. The molecule has 2 rings (SSSR count). The zero-order valence-electron chi connectivity index (χ0n) is 12.9. The van der Waals surface area contributed by atoms with Crippen molar-refractivity contribution in [3.05, 3.63) is 59.7 Å². The van der Waals surface area contributed by atoms with E-state index in [9.17, 15) is 0 Å². The van der Waals surface area contributed by atoms with Crippen LogP contribution in [0.4, 0.5) is 5.69 Å². The maximum absolute atomic E-state index is 5.66. The van der Waals surface area contributed by atoms with Gasteiger partial charge in [-0.05, 0) is 41.8 Å². The summed E-state index contributed by atoms with van der Waals surface area (Å²) in [7, 11) is 1.70. The maximum atomic E-state index is 5.66. The monoisotopic (exact) mass is 284 g/mol. The largest absolute Gasteiger partial charge is 0.497 e. The number of hydrogen-bond acceptors (Lipinski definition) is 3. The fourth-order valence-corrected chi connectivity index (χ4v) is 2.40. The van der Waals surface area contributed by atoms with Gasteiger partial charge in [0, 0.05) is 25.3 Å². The van der Waals surface area contributed by atoms with Gasteiger partial charge in [-0.15, -0.1) is 0 Å². The lowest BCUT2D eigenvalue weighted by Gasteiger charge is -2.25. The summed E-state index contributed by atoms with van der Waals surface area (Å²) in [6, 6.07) is 16.7. The van der Waals surface area contributed by atoms with Gasteiger partial charge in [-0.2, -0.15) is 0 Å². The first-order valence-electron chi connectivity index (χ1n) is 7.43. The Labute approximate surface area is 127 Å². The Balaban J connectivity index is 2.17. The van der Waals surface area contributed by atoms with Crippen molar-refractivity contribution in [1.29, 1.82) is 0 Å². The van der Waals surface area contributed by atoms with Gasteiger partial charge in [0.25, 0.3) is 0 Å². The normalized spacial score (nSPS) is 10.4. The van der Waals surface area contributed by atoms with Crippen molar-refractivity contribution >= 4 is 5.69 Å². The van der Waals surface area contributed by atoms with Crippen molar-refractivity contribution in [3.8, 4) is 5.75 Å². The molecule has 0 saturated heterocycles. The molecule has 0 aliphatic carbocycles. The molecule has 2 aromatic carbocycles. The minimum Gasteiger partial charge on any atom is -0.497 e. The van der Waals surface area contributed by atoms with Crippen LogP contribution in [0, 0.1) is 0 Å². The van der Waals surface area contributed by atoms with E-state index in [1.807, 2.05) is 12.1 Å². The average molecular weight is 284 g/mol. The van der Waals surface area contributed by atoms with Gasteiger partial charge in [-0.3, -0.25) is 0 Å². The van der Waals surface area contributed by atoms with Gasteiger partial charge < -0.3 is 15.4 Å². The smallest absolute Gasteiger partial charge is 0.119 e. The highest BCUT2D eigenvalue weighted by Crippen LogP contribution is 2.20. The molecule has 0 bridgehead atoms. The molecule has 0 fully saturated rings. The molecular weight excluding hydrogens is 260 g/mol. The summed E-state index contributed by atoms with van der Waals surface area (Å²) in [4.78, 5) is 2.38. The highest BCUT2D eigenvalue weighted by Gasteiger charge is 2.07. The van der Waals surface area contributed by atoms with E-state index in [0.29, 0.717) is 6.54 Å². The van der Waals surface area contributed by atoms with E-state index in [-0.39, 0.29) is 0 Å². The Kier molecular flexibility index (Phi) is 5.64. The van der Waals surface area contributed by atoms with Gasteiger partial charge >= 0.3 is 0 Å². The van der Waals surface area contributed by atoms with Crippen LogP contribution in [-0.2, 0) is 13.1 Å². The Hall–Kier alpha value is -2.00. The molecule has 2 aromatic rings. The third-order valence-electron chi connectivity index (χ3n) is 3.54. The molecule has 0 aromatic heterocycles. The molecular formula is C18H24N2O. The molecule has 0 amide bonds. The maximum Gasteiger partial charge on any atom is 0.119 e. The van der Waals surface area contributed by atoms with Crippen LogP contribution in [0.2, 0.25) is 0 Å². The molecule has 21 heavy (non-hydrogen) atoms. The predicted molar refractivity (Wildman–Crippen MR) is 88.7 cm³/mol. The van der Waals surface area contributed by atoms with E-state index in [2.05, 4.69) is 48.2 Å². The van der Waals surface area contributed by atoms with Gasteiger partial charge in [0.1, 0.15) is 5.75 Å². The van der Waals surface area contributed by atoms with Crippen molar-refractivity contribution in [2.24, 2.45) is 5.73 Å². The zero-order valence-corrected chi connectivity index (χ0v) is 12.9. The third kappa shape index (κ3) is 4.23. The first kappa shape index (κ1) is 15.4. The highest BCUT2D eigenvalue weighted by molar-refractivity contribution is 5.48. The number of benzene rings is 2. The Morgan fingerprint density at radius 1 is 1.05 bits per heavy atom. The van der Waals surface area contributed by atoms with Gasteiger partial charge in [0.05, 0.1) is 7.11 Å². The second-order valence-corrected chi connectivity index (χ2v) is 5.14. The molecule has 0 atom stereocenters. The standard InChI is InChI=1S/C18H24N2O/c1-3-11-20(17-9-7-15(13-19)8-10-17)14-16-5-4-6-18(12-16)21-2/h4-10,12H,3,11,13-14,19H2,1-2H3. The van der Waals surface area contributed by atoms with Crippen LogP contribution in [0.3, 0.4) is 0 Å². The summed E-state index contributed by atoms with van der Waals surface area (Å²) in [5.74, 6) is 0.905. The molecule has 0 heterocycles. The van der Waals surface area contributed by atoms with Crippen LogP contribution >= 0.6 is 0 Å². The van der Waals surface area contributed by atoms with Gasteiger partial charge in [-0.25, -0.2) is 0 Å². The highest BCUT2D eigenvalue weighted by atomic mass is 16.5. The van der Waals surface area contributed by atoms with E-state index >= 15 is 0 Å². The molecule has 0 aliphatic heterocycles. The fourth-order valence-electron chi connectivity index (χ4n) is 2.40. The van der Waals surface area contributed by atoms with E-state index in [4.69, 9.17) is 10.5 Å². The average Bonchev–Trinajstić information content (AvgIpc) is 2.55. The van der Waals surface area contributed by atoms with Crippen molar-refractivity contribution < 1.29 is 4.74 Å². The zero-order chi connectivity index (χ0) is 15.1. The molecule has 0 unspecified atom stereocenters. The minimum absolute atomic E-state index is 0.587. The Morgan fingerprint density at radius 2 is 1.81 bits per heavy atom. The summed E-state index contributed by atoms with van der Waals surface area (Å²) in [5, 5.41) is 0. The predicted octanol–water partition coefficient (Wildman–Crippen LogP) is 3.57. The van der Waals surface area contributed by atoms with Gasteiger partial charge in [0.2, 0.25) is 0 Å². The molecule has 2 N–H and O–H groups in total. The lowest BCUT2D eigenvalue weighted by atomic mass is 10.1. The molecule has 0 radical (unpaired) electrons. The summed E-state index contributed by atoms with van der Waals surface area (Å²) in [6.45, 7) is 4.70. The van der Waals surface area contributed by atoms with Crippen LogP contribution in [-0.4, -0.2) is 13.7 Å². The van der Waals surface area contributed by atoms with Crippen LogP contribution in [0.25, 0.3) is 0 Å². The fraction of sp³-hybridized carbons (Fsp3) is 0.333. The Bertz CT molecular complexity index is 551. The van der Waals surface area contributed by atoms with Crippen LogP contribution in [0.15, 0.2) is 48.5 Å². The van der Waals surface area contributed by atoms with Crippen LogP contribution in [0.1, 0.15) is 24.5 Å². The summed E-state index contributed by atoms with van der Waals surface area (Å²) >= 11 is 0. The lowest BCUT2D eigenvalue weighted by molar-refractivity contribution is 0.414. The number of methoxy groups -OCH3 is 1. The first-order valence-corrected chi connectivity index (χ1v) is 7.43. The number of ether oxygens (including phenoxy) is 1. The second kappa shape index (κ2) is 7.70. The quantitative estimate of drug-likeness (QED) is 0.844. The number of nitrogens with zero attached hydrogens (tertiary/aromatic N) is 1. The topological polar surface area (TPSA) is 38.5 Å². The molecule has 3 nitrogen and oxygen atoms in total. The molecule has 0 aliphatic rings. The van der Waals surface area contributed by atoms with Crippen molar-refractivity contribution in [2.45, 2.75) is 26.4 Å². The first-order chi connectivity index (χ1) is 10.3. The van der Waals surface area contributed by atoms with Crippen molar-refractivity contribution in [3.63, 3.8) is 0 Å². The minimum atomic E-state index is 0.587. The summed E-state index contributed by atoms with van der Waals surface area (Å²) in [5.41, 5.74) is 9.31. The van der Waals surface area contributed by atoms with Gasteiger partial charge in [0.15, 0.2) is 0 Å². The number of nitrogens with two attached hydrogens (primary N) is 1. The van der Waals surface area contributed by atoms with E-state index in [0.717, 1.165) is 30.8 Å². The van der Waals surface area contributed by atoms with Crippen LogP contribution < -0.4 is 15.4 Å². The molecule has 3 heteroatoms. The van der Waals surface area contributed by atoms with E-state index in [1.165, 1.54) is 11.3 Å². The van der Waals surface area contributed by atoms with Crippen molar-refractivity contribution in [1.82, 2.24) is 0 Å². The molecule has 112 valence electrons. The molecule has 0 saturated carbocycles. The van der Waals surface area contributed by atoms with Crippen molar-refractivity contribution in [2.75, 3.05) is 18.6 Å². The van der Waals surface area contributed by atoms with Gasteiger partial charge in [-0.1, -0.05) is 31.2 Å². The lowest BCUT2D eigenvalue weighted by Crippen LogP contribution is -2.23. The van der Waals surface area contributed by atoms with E-state index in [1.54, 1.807) is 7.11 Å². The number of anilines is 1. The van der Waals surface area contributed by atoms with Crippen LogP contribution in [0.5, 0.6) is 5.75 Å². The number of rotatable bonds is 7. The number of hydrogen-bond donors (Lipinski definition) is 1. The second-order valence-electron chi connectivity index (χ2n) is 5.14.